The van der Waals surface area contributed by atoms with E-state index in [0.717, 1.165) is 25.9 Å². The Morgan fingerprint density at radius 1 is 1.04 bits per heavy atom. The Morgan fingerprint density at radius 3 is 2.15 bits per heavy atom. The molecule has 144 valence electrons. The number of nitrogens with two attached hydrogens (primary N) is 1. The predicted octanol–water partition coefficient (Wildman–Crippen LogP) is 1.05. The smallest absolute Gasteiger partial charge is 0.250 e. The minimum atomic E-state index is -3.73. The lowest BCUT2D eigenvalue weighted by molar-refractivity contribution is -0.0564. The average Bonchev–Trinajstić information content (AvgIpc) is 2.64. The predicted molar refractivity (Wildman–Crippen MR) is 98.3 cm³/mol. The molecule has 0 aromatic heterocycles. The van der Waals surface area contributed by atoms with Gasteiger partial charge in [0.1, 0.15) is 0 Å². The Bertz CT molecular complexity index is 737. The van der Waals surface area contributed by atoms with Crippen LogP contribution in [-0.2, 0) is 14.8 Å². The van der Waals surface area contributed by atoms with Gasteiger partial charge in [0.2, 0.25) is 15.9 Å². The highest BCUT2D eigenvalue weighted by Crippen LogP contribution is 2.26. The highest BCUT2D eigenvalue weighted by molar-refractivity contribution is 7.89. The van der Waals surface area contributed by atoms with Crippen molar-refractivity contribution in [2.45, 2.75) is 42.8 Å². The first-order valence-electron chi connectivity index (χ1n) is 9.11. The molecule has 8 heteroatoms. The third-order valence-corrected chi connectivity index (χ3v) is 7.18. The molecule has 3 rings (SSSR count). The SMILES string of the molecule is CN1CCC(OC2CCN(S(=O)(=O)c3ccccc3C(N)=O)CC2)CC1. The van der Waals surface area contributed by atoms with E-state index in [2.05, 4.69) is 11.9 Å². The molecule has 2 heterocycles. The number of primary amides is 1. The van der Waals surface area contributed by atoms with Crippen LogP contribution in [0.3, 0.4) is 0 Å². The second-order valence-electron chi connectivity index (χ2n) is 7.10. The van der Waals surface area contributed by atoms with E-state index in [1.807, 2.05) is 0 Å². The molecular weight excluding hydrogens is 354 g/mol. The molecule has 2 aliphatic heterocycles. The second-order valence-corrected chi connectivity index (χ2v) is 9.01. The first kappa shape index (κ1) is 19.3. The van der Waals surface area contributed by atoms with Crippen molar-refractivity contribution in [3.63, 3.8) is 0 Å². The molecule has 26 heavy (non-hydrogen) atoms. The Balaban J connectivity index is 1.61. The summed E-state index contributed by atoms with van der Waals surface area (Å²) in [6.07, 6.45) is 3.77. The minimum absolute atomic E-state index is 0.0119. The van der Waals surface area contributed by atoms with Crippen LogP contribution in [0.5, 0.6) is 0 Å². The maximum absolute atomic E-state index is 12.9. The zero-order chi connectivity index (χ0) is 18.7. The molecule has 2 fully saturated rings. The van der Waals surface area contributed by atoms with Crippen LogP contribution in [0.25, 0.3) is 0 Å². The molecule has 2 N–H and O–H groups in total. The van der Waals surface area contributed by atoms with E-state index in [1.165, 1.54) is 16.4 Å². The molecule has 0 spiro atoms. The topological polar surface area (TPSA) is 92.9 Å². The van der Waals surface area contributed by atoms with Crippen LogP contribution >= 0.6 is 0 Å². The molecular formula is C18H27N3O4S. The van der Waals surface area contributed by atoms with Crippen LogP contribution in [0, 0.1) is 0 Å². The van der Waals surface area contributed by atoms with E-state index in [4.69, 9.17) is 10.5 Å². The normalized spacial score (nSPS) is 21.7. The van der Waals surface area contributed by atoms with Crippen LogP contribution in [0.4, 0.5) is 0 Å². The number of ether oxygens (including phenoxy) is 1. The van der Waals surface area contributed by atoms with Gasteiger partial charge < -0.3 is 15.4 Å². The number of amides is 1. The van der Waals surface area contributed by atoms with E-state index < -0.39 is 15.9 Å². The summed E-state index contributed by atoms with van der Waals surface area (Å²) in [7, 11) is -1.62. The molecule has 0 unspecified atom stereocenters. The lowest BCUT2D eigenvalue weighted by atomic mass is 10.1. The summed E-state index contributed by atoms with van der Waals surface area (Å²) in [5.41, 5.74) is 5.37. The highest BCUT2D eigenvalue weighted by Gasteiger charge is 2.33. The Labute approximate surface area is 155 Å². The van der Waals surface area contributed by atoms with Crippen LogP contribution < -0.4 is 5.73 Å². The molecule has 7 nitrogen and oxygen atoms in total. The maximum atomic E-state index is 12.9. The summed E-state index contributed by atoms with van der Waals surface area (Å²) in [6, 6.07) is 6.11. The Morgan fingerprint density at radius 2 is 1.58 bits per heavy atom. The summed E-state index contributed by atoms with van der Waals surface area (Å²) in [4.78, 5) is 13.8. The molecule has 1 aromatic rings. The lowest BCUT2D eigenvalue weighted by Gasteiger charge is -2.36. The van der Waals surface area contributed by atoms with E-state index in [-0.39, 0.29) is 22.7 Å². The summed E-state index contributed by atoms with van der Waals surface area (Å²) < 4.78 is 33.5. The Hall–Kier alpha value is -1.48. The van der Waals surface area contributed by atoms with Gasteiger partial charge in [0.15, 0.2) is 0 Å². The fourth-order valence-electron chi connectivity index (χ4n) is 3.64. The zero-order valence-corrected chi connectivity index (χ0v) is 16.0. The third kappa shape index (κ3) is 4.25. The average molecular weight is 381 g/mol. The summed E-state index contributed by atoms with van der Waals surface area (Å²) in [5, 5.41) is 0. The number of nitrogens with zero attached hydrogens (tertiary/aromatic N) is 2. The summed E-state index contributed by atoms with van der Waals surface area (Å²) >= 11 is 0. The number of benzene rings is 1. The molecule has 0 atom stereocenters. The van der Waals surface area contributed by atoms with Crippen molar-refractivity contribution >= 4 is 15.9 Å². The monoisotopic (exact) mass is 381 g/mol. The van der Waals surface area contributed by atoms with Crippen LogP contribution in [0.1, 0.15) is 36.0 Å². The van der Waals surface area contributed by atoms with Crippen molar-refractivity contribution in [3.05, 3.63) is 29.8 Å². The van der Waals surface area contributed by atoms with E-state index in [9.17, 15) is 13.2 Å². The first-order chi connectivity index (χ1) is 12.4. The fraction of sp³-hybridized carbons (Fsp3) is 0.611. The van der Waals surface area contributed by atoms with Crippen molar-refractivity contribution in [2.75, 3.05) is 33.2 Å². The van der Waals surface area contributed by atoms with Crippen molar-refractivity contribution < 1.29 is 17.9 Å². The number of likely N-dealkylation sites (tertiary alicyclic amines) is 1. The van der Waals surface area contributed by atoms with Crippen molar-refractivity contribution in [1.29, 1.82) is 0 Å². The number of hydrogen-bond donors (Lipinski definition) is 1. The molecule has 2 saturated heterocycles. The van der Waals surface area contributed by atoms with Crippen molar-refractivity contribution in [2.24, 2.45) is 5.73 Å². The number of hydrogen-bond acceptors (Lipinski definition) is 5. The molecule has 0 aliphatic carbocycles. The van der Waals surface area contributed by atoms with Crippen LogP contribution in [0.15, 0.2) is 29.2 Å². The standard InChI is InChI=1S/C18H27N3O4S/c1-20-10-6-14(7-11-20)25-15-8-12-21(13-9-15)26(23,24)17-5-3-2-4-16(17)18(19)22/h2-5,14-15H,6-13H2,1H3,(H2,19,22). The quantitative estimate of drug-likeness (QED) is 0.823. The van der Waals surface area contributed by atoms with E-state index >= 15 is 0 Å². The van der Waals surface area contributed by atoms with E-state index in [0.29, 0.717) is 25.9 Å². The maximum Gasteiger partial charge on any atom is 0.250 e. The molecule has 1 amide bonds. The van der Waals surface area contributed by atoms with Gasteiger partial charge in [-0.3, -0.25) is 4.79 Å². The molecule has 0 radical (unpaired) electrons. The summed E-state index contributed by atoms with van der Waals surface area (Å²) in [6.45, 7) is 2.88. The molecule has 1 aromatic carbocycles. The van der Waals surface area contributed by atoms with Gasteiger partial charge in [0.25, 0.3) is 0 Å². The number of carbonyl (C=O) groups is 1. The van der Waals surface area contributed by atoms with Crippen LogP contribution in [0.2, 0.25) is 0 Å². The summed E-state index contributed by atoms with van der Waals surface area (Å²) in [5.74, 6) is -0.732. The number of carbonyl (C=O) groups excluding carboxylic acids is 1. The lowest BCUT2D eigenvalue weighted by Crippen LogP contribution is -2.43. The first-order valence-corrected chi connectivity index (χ1v) is 10.5. The molecule has 2 aliphatic rings. The number of piperidine rings is 2. The van der Waals surface area contributed by atoms with Crippen molar-refractivity contribution in [3.8, 4) is 0 Å². The van der Waals surface area contributed by atoms with Gasteiger partial charge in [0, 0.05) is 26.2 Å². The largest absolute Gasteiger partial charge is 0.375 e. The van der Waals surface area contributed by atoms with Gasteiger partial charge in [-0.25, -0.2) is 8.42 Å². The number of rotatable bonds is 5. The fourth-order valence-corrected chi connectivity index (χ4v) is 5.30. The second kappa shape index (κ2) is 8.04. The molecule has 0 saturated carbocycles. The van der Waals surface area contributed by atoms with Gasteiger partial charge in [-0.05, 0) is 44.9 Å². The number of sulfonamides is 1. The minimum Gasteiger partial charge on any atom is -0.375 e. The van der Waals surface area contributed by atoms with Crippen molar-refractivity contribution in [1.82, 2.24) is 9.21 Å². The van der Waals surface area contributed by atoms with Gasteiger partial charge in [0.05, 0.1) is 22.7 Å². The Kier molecular flexibility index (Phi) is 5.96. The highest BCUT2D eigenvalue weighted by atomic mass is 32.2. The third-order valence-electron chi connectivity index (χ3n) is 5.22. The van der Waals surface area contributed by atoms with Crippen LogP contribution in [-0.4, -0.2) is 69.0 Å². The van der Waals surface area contributed by atoms with E-state index in [1.54, 1.807) is 12.1 Å². The molecule has 0 bridgehead atoms. The van der Waals surface area contributed by atoms with Gasteiger partial charge in [-0.2, -0.15) is 4.31 Å². The van der Waals surface area contributed by atoms with Gasteiger partial charge in [-0.1, -0.05) is 12.1 Å². The van der Waals surface area contributed by atoms with Gasteiger partial charge >= 0.3 is 0 Å². The van der Waals surface area contributed by atoms with Gasteiger partial charge in [-0.15, -0.1) is 0 Å². The zero-order valence-electron chi connectivity index (χ0n) is 15.1.